The van der Waals surface area contributed by atoms with Crippen molar-refractivity contribution in [1.82, 2.24) is 9.97 Å². The second-order valence-corrected chi connectivity index (χ2v) is 9.07. The molecule has 0 saturated carbocycles. The molecule has 0 bridgehead atoms. The van der Waals surface area contributed by atoms with Gasteiger partial charge in [-0.3, -0.25) is 4.79 Å². The Morgan fingerprint density at radius 2 is 2.00 bits per heavy atom. The van der Waals surface area contributed by atoms with Crippen molar-refractivity contribution in [3.05, 3.63) is 77.0 Å². The van der Waals surface area contributed by atoms with E-state index in [0.717, 1.165) is 5.56 Å². The molecule has 1 aliphatic heterocycles. The third kappa shape index (κ3) is 4.20. The van der Waals surface area contributed by atoms with Gasteiger partial charge in [-0.25, -0.2) is 14.4 Å². The van der Waals surface area contributed by atoms with Crippen molar-refractivity contribution in [2.24, 2.45) is 0 Å². The van der Waals surface area contributed by atoms with Gasteiger partial charge < -0.3 is 20.2 Å². The molecule has 4 aromatic rings. The van der Waals surface area contributed by atoms with Gasteiger partial charge in [-0.15, -0.1) is 0 Å². The fraction of sp³-hybridized carbons (Fsp3) is 0.160. The number of oxazole rings is 1. The average Bonchev–Trinajstić information content (AvgIpc) is 3.37. The number of pyridine rings is 1. The molecule has 9 heteroatoms. The number of nitrogens with one attached hydrogen (secondary N) is 1. The number of benzene rings is 2. The third-order valence-electron chi connectivity index (χ3n) is 5.44. The molecule has 1 aliphatic rings. The summed E-state index contributed by atoms with van der Waals surface area (Å²) >= 11 is 5.94. The number of ether oxygens (including phenoxy) is 1. The third-order valence-corrected chi connectivity index (χ3v) is 5.67. The quantitative estimate of drug-likeness (QED) is 0.387. The van der Waals surface area contributed by atoms with Crippen molar-refractivity contribution >= 4 is 29.0 Å². The van der Waals surface area contributed by atoms with E-state index >= 15 is 0 Å². The van der Waals surface area contributed by atoms with Crippen molar-refractivity contribution in [2.75, 3.05) is 11.1 Å². The number of nitrogen functional groups attached to an aromatic ring is 1. The summed E-state index contributed by atoms with van der Waals surface area (Å²) in [6.45, 7) is 3.94. The molecule has 0 fully saturated rings. The monoisotopic (exact) mass is 478 g/mol. The first kappa shape index (κ1) is 21.9. The predicted octanol–water partition coefficient (Wildman–Crippen LogP) is 5.74. The number of carbonyl (C=O) groups is 1. The lowest BCUT2D eigenvalue weighted by atomic mass is 9.96. The number of carbonyl (C=O) groups excluding carboxylic acids is 1. The van der Waals surface area contributed by atoms with Crippen molar-refractivity contribution in [1.29, 1.82) is 0 Å². The maximum absolute atomic E-state index is 14.8. The van der Waals surface area contributed by atoms with E-state index in [4.69, 9.17) is 26.5 Å². The molecule has 0 spiro atoms. The molecule has 0 saturated heterocycles. The first-order chi connectivity index (χ1) is 16.2. The zero-order valence-electron chi connectivity index (χ0n) is 18.4. The summed E-state index contributed by atoms with van der Waals surface area (Å²) in [5.74, 6) is 0.156. The van der Waals surface area contributed by atoms with Gasteiger partial charge in [0.25, 0.3) is 5.91 Å². The van der Waals surface area contributed by atoms with Crippen LogP contribution in [0, 0.1) is 5.82 Å². The fourth-order valence-electron chi connectivity index (χ4n) is 3.96. The zero-order valence-corrected chi connectivity index (χ0v) is 19.1. The van der Waals surface area contributed by atoms with E-state index in [0.29, 0.717) is 34.8 Å². The number of hydrogen-bond donors (Lipinski definition) is 2. The molecule has 2 aromatic heterocycles. The van der Waals surface area contributed by atoms with Crippen LogP contribution in [0.4, 0.5) is 15.9 Å². The van der Waals surface area contributed by atoms with Gasteiger partial charge in [-0.2, -0.15) is 0 Å². The topological polar surface area (TPSA) is 103 Å². The molecule has 1 amide bonds. The van der Waals surface area contributed by atoms with Crippen molar-refractivity contribution < 1.29 is 18.3 Å². The maximum Gasteiger partial charge on any atom is 0.277 e. The van der Waals surface area contributed by atoms with E-state index in [1.807, 2.05) is 13.8 Å². The van der Waals surface area contributed by atoms with Crippen molar-refractivity contribution in [3.8, 4) is 28.3 Å². The lowest BCUT2D eigenvalue weighted by molar-refractivity contribution is 0.102. The van der Waals surface area contributed by atoms with Crippen LogP contribution in [0.5, 0.6) is 5.75 Å². The summed E-state index contributed by atoms with van der Waals surface area (Å²) in [6, 6.07) is 11.2. The molecule has 0 radical (unpaired) electrons. The van der Waals surface area contributed by atoms with Gasteiger partial charge in [0.2, 0.25) is 5.89 Å². The summed E-state index contributed by atoms with van der Waals surface area (Å²) in [5, 5.41) is 3.12. The minimum absolute atomic E-state index is 0.0602. The Hall–Kier alpha value is -3.91. The zero-order chi connectivity index (χ0) is 24.0. The van der Waals surface area contributed by atoms with Crippen LogP contribution in [-0.2, 0) is 6.42 Å². The van der Waals surface area contributed by atoms with Gasteiger partial charge in [-0.1, -0.05) is 11.6 Å². The highest BCUT2D eigenvalue weighted by atomic mass is 35.5. The van der Waals surface area contributed by atoms with Gasteiger partial charge in [0.15, 0.2) is 5.69 Å². The highest BCUT2D eigenvalue weighted by Crippen LogP contribution is 2.42. The number of rotatable bonds is 4. The average molecular weight is 479 g/mol. The van der Waals surface area contributed by atoms with Gasteiger partial charge in [0.1, 0.15) is 29.2 Å². The summed E-state index contributed by atoms with van der Waals surface area (Å²) in [5.41, 5.74) is 8.03. The molecule has 0 unspecified atom stereocenters. The number of halogens is 2. The van der Waals surface area contributed by atoms with Gasteiger partial charge in [0.05, 0.1) is 0 Å². The SMILES string of the molecule is CC1(C)Cc2cc(NC(=O)c3coc(-c4ccnc(N)c4)n3)c(-c3ccc(Cl)cc3F)cc2O1. The van der Waals surface area contributed by atoms with Crippen LogP contribution < -0.4 is 15.8 Å². The van der Waals surface area contributed by atoms with Crippen LogP contribution in [0.15, 0.2) is 59.3 Å². The Morgan fingerprint density at radius 1 is 1.18 bits per heavy atom. The predicted molar refractivity (Wildman–Crippen MR) is 127 cm³/mol. The molecule has 34 heavy (non-hydrogen) atoms. The Kier molecular flexibility index (Phi) is 5.25. The Morgan fingerprint density at radius 3 is 2.76 bits per heavy atom. The van der Waals surface area contributed by atoms with Crippen LogP contribution in [0.2, 0.25) is 5.02 Å². The number of fused-ring (bicyclic) bond motifs is 1. The largest absolute Gasteiger partial charge is 0.487 e. The number of nitrogens with zero attached hydrogens (tertiary/aromatic N) is 2. The van der Waals surface area contributed by atoms with E-state index in [-0.39, 0.29) is 22.2 Å². The van der Waals surface area contributed by atoms with Gasteiger partial charge >= 0.3 is 0 Å². The van der Waals surface area contributed by atoms with E-state index < -0.39 is 17.3 Å². The highest BCUT2D eigenvalue weighted by molar-refractivity contribution is 6.30. The smallest absolute Gasteiger partial charge is 0.277 e. The van der Waals surface area contributed by atoms with Crippen LogP contribution in [-0.4, -0.2) is 21.5 Å². The van der Waals surface area contributed by atoms with Crippen LogP contribution in [0.1, 0.15) is 29.9 Å². The molecule has 7 nitrogen and oxygen atoms in total. The first-order valence-corrected chi connectivity index (χ1v) is 10.9. The summed E-state index contributed by atoms with van der Waals surface area (Å²) in [6.07, 6.45) is 3.42. The van der Waals surface area contributed by atoms with Crippen molar-refractivity contribution in [2.45, 2.75) is 25.9 Å². The molecule has 0 atom stereocenters. The maximum atomic E-state index is 14.8. The number of hydrogen-bond acceptors (Lipinski definition) is 6. The number of amides is 1. The minimum atomic E-state index is -0.515. The molecule has 5 rings (SSSR count). The van der Waals surface area contributed by atoms with E-state index in [1.54, 1.807) is 36.4 Å². The second kappa shape index (κ2) is 8.14. The fourth-order valence-corrected chi connectivity index (χ4v) is 4.12. The number of anilines is 2. The minimum Gasteiger partial charge on any atom is -0.487 e. The lowest BCUT2D eigenvalue weighted by Gasteiger charge is -2.17. The summed E-state index contributed by atoms with van der Waals surface area (Å²) in [7, 11) is 0. The van der Waals surface area contributed by atoms with Gasteiger partial charge in [0, 0.05) is 45.6 Å². The highest BCUT2D eigenvalue weighted by Gasteiger charge is 2.32. The lowest BCUT2D eigenvalue weighted by Crippen LogP contribution is -2.24. The number of aromatic nitrogens is 2. The number of nitrogens with two attached hydrogens (primary N) is 1. The molecule has 3 heterocycles. The molecule has 172 valence electrons. The van der Waals surface area contributed by atoms with Crippen LogP contribution in [0.3, 0.4) is 0 Å². The standard InChI is InChI=1S/C25H20ClFN4O3/c1-25(2)11-14-7-19(17(10-21(14)34-25)16-4-3-15(26)9-18(16)27)30-23(32)20-12-33-24(31-20)13-5-6-29-22(28)8-13/h3-10,12H,11H2,1-2H3,(H2,28,29)(H,30,32). The van der Waals surface area contributed by atoms with Crippen LogP contribution >= 0.6 is 11.6 Å². The second-order valence-electron chi connectivity index (χ2n) is 8.63. The normalized spacial score (nSPS) is 13.9. The van der Waals surface area contributed by atoms with Crippen LogP contribution in [0.25, 0.3) is 22.6 Å². The molecular weight excluding hydrogens is 459 g/mol. The first-order valence-electron chi connectivity index (χ1n) is 10.5. The van der Waals surface area contributed by atoms with Gasteiger partial charge in [-0.05, 0) is 56.3 Å². The van der Waals surface area contributed by atoms with Crippen molar-refractivity contribution in [3.63, 3.8) is 0 Å². The Labute approximate surface area is 199 Å². The molecule has 3 N–H and O–H groups in total. The summed E-state index contributed by atoms with van der Waals surface area (Å²) < 4.78 is 26.3. The van der Waals surface area contributed by atoms with E-state index in [9.17, 15) is 9.18 Å². The molecule has 0 aliphatic carbocycles. The molecule has 2 aromatic carbocycles. The molecular formula is C25H20ClFN4O3. The van der Waals surface area contributed by atoms with E-state index in [2.05, 4.69) is 15.3 Å². The Bertz CT molecular complexity index is 1430. The summed E-state index contributed by atoms with van der Waals surface area (Å²) in [4.78, 5) is 21.3. The van der Waals surface area contributed by atoms with E-state index in [1.165, 1.54) is 18.5 Å². The Balaban J connectivity index is 1.51.